The summed E-state index contributed by atoms with van der Waals surface area (Å²) in [7, 11) is 9.75. The summed E-state index contributed by atoms with van der Waals surface area (Å²) in [6, 6.07) is 0. The smallest absolute Gasteiger partial charge is 0.0741 e. The maximum Gasteiger partial charge on any atom is -0.0741 e. The number of hydrogen-bond acceptors (Lipinski definition) is 0. The van der Waals surface area contributed by atoms with Gasteiger partial charge < -0.3 is 22.4 Å². The van der Waals surface area contributed by atoms with E-state index < -0.39 is 16.5 Å². The van der Waals surface area contributed by atoms with Gasteiger partial charge in [-0.25, -0.2) is 0 Å². The molecule has 0 aromatic carbocycles. The van der Waals surface area contributed by atoms with Crippen molar-refractivity contribution in [3.63, 3.8) is 0 Å². The minimum Gasteiger partial charge on any atom is -0.677 e. The van der Waals surface area contributed by atoms with Gasteiger partial charge in [0.05, 0.1) is 0 Å². The Kier molecular flexibility index (Phi) is 62.8. The van der Waals surface area contributed by atoms with Crippen LogP contribution in [-0.2, 0) is 16.5 Å². The number of halogens is 2. The molecule has 0 heterocycles. The van der Waals surface area contributed by atoms with Crippen LogP contribution in [-0.4, -0.2) is 24.0 Å². The summed E-state index contributed by atoms with van der Waals surface area (Å²) in [6.45, 7) is 0.970. The fraction of sp³-hybridized carbons (Fsp3) is 1.00. The van der Waals surface area contributed by atoms with Crippen molar-refractivity contribution in [1.29, 1.82) is 0 Å². The van der Waals surface area contributed by atoms with Gasteiger partial charge in [-0.3, -0.25) is 0 Å². The summed E-state index contributed by atoms with van der Waals surface area (Å²) in [5.41, 5.74) is 13.2. The van der Waals surface area contributed by atoms with Gasteiger partial charge in [0, 0.05) is 0 Å². The Morgan fingerprint density at radius 3 is 1.18 bits per heavy atom. The second kappa shape index (κ2) is 30.4. The third-order valence-corrected chi connectivity index (χ3v) is 0.604. The van der Waals surface area contributed by atoms with Gasteiger partial charge in [0.15, 0.2) is 0 Å². The minimum absolute atomic E-state index is 0. The molecule has 6 N–H and O–H groups in total. The van der Waals surface area contributed by atoms with Crippen LogP contribution in [0, 0.1) is 0 Å². The van der Waals surface area contributed by atoms with Gasteiger partial charge in [0.25, 0.3) is 0 Å². The minimum atomic E-state index is -0.472. The number of hydrogen-bond donors (Lipinski definition) is 0. The van der Waals surface area contributed by atoms with E-state index >= 15 is 0 Å². The molecule has 0 atom stereocenters. The molecule has 0 radical (unpaired) electrons. The molecule has 0 aromatic rings. The Morgan fingerprint density at radius 1 is 0.909 bits per heavy atom. The first kappa shape index (κ1) is 22.7. The van der Waals surface area contributed by atoms with Crippen LogP contribution in [0.15, 0.2) is 0 Å². The van der Waals surface area contributed by atoms with Crippen molar-refractivity contribution in [2.75, 3.05) is 13.1 Å². The fourth-order valence-corrected chi connectivity index (χ4v) is 0.250. The van der Waals surface area contributed by atoms with Crippen molar-refractivity contribution in [3.05, 3.63) is 11.5 Å². The second-order valence-electron chi connectivity index (χ2n) is 1.25. The average molecular weight is 388 g/mol. The van der Waals surface area contributed by atoms with Crippen molar-refractivity contribution in [1.82, 2.24) is 0 Å². The molecule has 0 amide bonds. The number of rotatable bonds is 3. The van der Waals surface area contributed by atoms with Gasteiger partial charge in [-0.05, 0) is 0 Å². The summed E-state index contributed by atoms with van der Waals surface area (Å²) in [5.74, 6) is 0. The zero-order valence-electron chi connectivity index (χ0n) is 5.90. The molecule has 0 rings (SSSR count). The fourth-order valence-electron chi connectivity index (χ4n) is 0.250. The molecular weight excluding hydrogens is 374 g/mol. The van der Waals surface area contributed by atoms with Crippen molar-refractivity contribution in [2.45, 2.75) is 12.8 Å². The molecule has 0 saturated heterocycles. The molecule has 4 nitrogen and oxygen atoms in total. The van der Waals surface area contributed by atoms with E-state index in [4.69, 9.17) is 30.3 Å². The SMILES string of the molecule is O.O.[Cl][Pt+2][Cl].[NH-]CCCC[NH-]. The zero-order valence-corrected chi connectivity index (χ0v) is 9.68. The van der Waals surface area contributed by atoms with E-state index in [1.165, 1.54) is 0 Å². The van der Waals surface area contributed by atoms with Gasteiger partial charge >= 0.3 is 35.3 Å². The van der Waals surface area contributed by atoms with Crippen molar-refractivity contribution in [3.8, 4) is 0 Å². The largest absolute Gasteiger partial charge is 0.677 e. The standard InChI is InChI=1S/C4H10N2.2ClH.2H2O.Pt/c5-3-1-2-4-6;;;;;/h5-6H,1-4H2;2*1H;2*1H2;/q-2;;;;;+4/p-2. The van der Waals surface area contributed by atoms with E-state index in [0.29, 0.717) is 13.1 Å². The monoisotopic (exact) mass is 387 g/mol. The van der Waals surface area contributed by atoms with Crippen molar-refractivity contribution < 1.29 is 27.4 Å². The van der Waals surface area contributed by atoms with Gasteiger partial charge in [-0.2, -0.15) is 13.1 Å². The Balaban J connectivity index is -0.0000000437. The molecule has 0 spiro atoms. The number of nitrogens with one attached hydrogen (secondary N) is 2. The molecular formula is C4H14Cl2N2O2Pt. The van der Waals surface area contributed by atoms with Crippen molar-refractivity contribution >= 4 is 18.8 Å². The topological polar surface area (TPSA) is 111 Å². The summed E-state index contributed by atoms with van der Waals surface area (Å²) < 4.78 is 0. The van der Waals surface area contributed by atoms with Crippen LogP contribution in [0.4, 0.5) is 0 Å². The maximum absolute atomic E-state index is 6.62. The molecule has 0 aliphatic rings. The molecule has 76 valence electrons. The van der Waals surface area contributed by atoms with Gasteiger partial charge in [0.2, 0.25) is 0 Å². The predicted octanol–water partition coefficient (Wildman–Crippen LogP) is 1.60. The third kappa shape index (κ3) is 54.6. The van der Waals surface area contributed by atoms with Gasteiger partial charge in [-0.15, -0.1) is 0 Å². The van der Waals surface area contributed by atoms with Crippen LogP contribution >= 0.6 is 18.8 Å². The van der Waals surface area contributed by atoms with E-state index in [1.54, 1.807) is 0 Å². The molecule has 0 fully saturated rings. The van der Waals surface area contributed by atoms with Gasteiger partial charge in [0.1, 0.15) is 0 Å². The third-order valence-electron chi connectivity index (χ3n) is 0.604. The molecule has 0 aromatic heterocycles. The Labute approximate surface area is 83.6 Å². The summed E-state index contributed by atoms with van der Waals surface area (Å²) >= 11 is -0.472. The number of unbranched alkanes of at least 4 members (excludes halogenated alkanes) is 1. The zero-order chi connectivity index (χ0) is 7.54. The molecule has 0 saturated carbocycles. The van der Waals surface area contributed by atoms with E-state index in [-0.39, 0.29) is 11.0 Å². The Hall–Kier alpha value is 1.11. The van der Waals surface area contributed by atoms with Crippen LogP contribution in [0.5, 0.6) is 0 Å². The maximum atomic E-state index is 6.62. The van der Waals surface area contributed by atoms with E-state index in [9.17, 15) is 0 Å². The van der Waals surface area contributed by atoms with Crippen LogP contribution in [0.25, 0.3) is 11.5 Å². The predicted molar refractivity (Wildman–Crippen MR) is 46.5 cm³/mol. The first-order chi connectivity index (χ1) is 4.33. The molecule has 0 unspecified atom stereocenters. The van der Waals surface area contributed by atoms with E-state index in [1.807, 2.05) is 0 Å². The first-order valence-corrected chi connectivity index (χ1v) is 8.08. The Bertz CT molecular complexity index is 43.3. The molecule has 7 heteroatoms. The normalized spacial score (nSPS) is 6.91. The van der Waals surface area contributed by atoms with Gasteiger partial charge in [-0.1, -0.05) is 12.8 Å². The average Bonchev–Trinajstić information content (AvgIpc) is 1.86. The van der Waals surface area contributed by atoms with E-state index in [2.05, 4.69) is 0 Å². The summed E-state index contributed by atoms with van der Waals surface area (Å²) in [4.78, 5) is 0. The van der Waals surface area contributed by atoms with Crippen LogP contribution in [0.2, 0.25) is 0 Å². The van der Waals surface area contributed by atoms with Crippen molar-refractivity contribution in [2.24, 2.45) is 0 Å². The summed E-state index contributed by atoms with van der Waals surface area (Å²) in [6.07, 6.45) is 1.78. The molecule has 11 heavy (non-hydrogen) atoms. The van der Waals surface area contributed by atoms with Crippen LogP contribution < -0.4 is 0 Å². The van der Waals surface area contributed by atoms with Crippen LogP contribution in [0.3, 0.4) is 0 Å². The molecule has 0 aliphatic carbocycles. The van der Waals surface area contributed by atoms with E-state index in [0.717, 1.165) is 12.8 Å². The Morgan fingerprint density at radius 2 is 1.09 bits per heavy atom. The second-order valence-corrected chi connectivity index (χ2v) is 4.54. The summed E-state index contributed by atoms with van der Waals surface area (Å²) in [5, 5.41) is 0. The molecule has 0 aliphatic heterocycles. The molecule has 0 bridgehead atoms. The van der Waals surface area contributed by atoms with Crippen LogP contribution in [0.1, 0.15) is 12.8 Å². The first-order valence-electron chi connectivity index (χ1n) is 2.45. The quantitative estimate of drug-likeness (QED) is 0.655.